The van der Waals surface area contributed by atoms with Crippen molar-refractivity contribution in [1.82, 2.24) is 10.2 Å². The maximum atomic E-state index is 12.3. The van der Waals surface area contributed by atoms with Gasteiger partial charge in [0, 0.05) is 13.1 Å². The number of amides is 2. The molecule has 0 heterocycles. The zero-order valence-electron chi connectivity index (χ0n) is 13.1. The molecule has 0 aromatic heterocycles. The number of rotatable bonds is 5. The molecule has 0 aromatic rings. The van der Waals surface area contributed by atoms with E-state index >= 15 is 0 Å². The molecular weight excluding hydrogens is 256 g/mol. The molecule has 0 bridgehead atoms. The van der Waals surface area contributed by atoms with E-state index in [4.69, 9.17) is 0 Å². The van der Waals surface area contributed by atoms with E-state index in [1.165, 1.54) is 6.42 Å². The van der Waals surface area contributed by atoms with E-state index in [1.807, 2.05) is 13.8 Å². The first-order valence-corrected chi connectivity index (χ1v) is 7.64. The van der Waals surface area contributed by atoms with E-state index in [1.54, 1.807) is 11.9 Å². The number of carbonyl (C=O) groups excluding carboxylic acids is 1. The van der Waals surface area contributed by atoms with E-state index in [0.29, 0.717) is 5.92 Å². The van der Waals surface area contributed by atoms with Crippen molar-refractivity contribution in [2.45, 2.75) is 65.0 Å². The van der Waals surface area contributed by atoms with Crippen molar-refractivity contribution in [3.05, 3.63) is 0 Å². The zero-order chi connectivity index (χ0) is 15.3. The quantitative estimate of drug-likeness (QED) is 0.815. The van der Waals surface area contributed by atoms with Crippen LogP contribution in [-0.2, 0) is 4.79 Å². The number of carboxylic acids is 1. The number of carbonyl (C=O) groups is 2. The van der Waals surface area contributed by atoms with Crippen LogP contribution in [0.15, 0.2) is 0 Å². The molecule has 0 saturated heterocycles. The van der Waals surface area contributed by atoms with E-state index in [2.05, 4.69) is 12.2 Å². The smallest absolute Gasteiger partial charge is 0.326 e. The SMILES string of the molecule is CCC(C)C(NC(=O)N(C)C1CCCCC1C)C(=O)O. The van der Waals surface area contributed by atoms with Gasteiger partial charge in [-0.3, -0.25) is 0 Å². The van der Waals surface area contributed by atoms with Gasteiger partial charge in [-0.05, 0) is 24.7 Å². The van der Waals surface area contributed by atoms with Gasteiger partial charge >= 0.3 is 12.0 Å². The van der Waals surface area contributed by atoms with Crippen LogP contribution in [0.5, 0.6) is 0 Å². The minimum absolute atomic E-state index is 0.0753. The molecule has 0 aliphatic heterocycles. The summed E-state index contributed by atoms with van der Waals surface area (Å²) < 4.78 is 0. The zero-order valence-corrected chi connectivity index (χ0v) is 13.1. The van der Waals surface area contributed by atoms with Gasteiger partial charge in [-0.15, -0.1) is 0 Å². The Morgan fingerprint density at radius 1 is 1.35 bits per heavy atom. The van der Waals surface area contributed by atoms with Gasteiger partial charge in [0.25, 0.3) is 0 Å². The second kappa shape index (κ2) is 7.50. The molecule has 116 valence electrons. The summed E-state index contributed by atoms with van der Waals surface area (Å²) in [7, 11) is 1.78. The summed E-state index contributed by atoms with van der Waals surface area (Å²) in [5.74, 6) is -0.558. The van der Waals surface area contributed by atoms with E-state index in [-0.39, 0.29) is 18.0 Å². The molecule has 4 atom stereocenters. The highest BCUT2D eigenvalue weighted by Gasteiger charge is 2.31. The molecular formula is C15H28N2O3. The Kier molecular flexibility index (Phi) is 6.30. The summed E-state index contributed by atoms with van der Waals surface area (Å²) in [4.78, 5) is 25.2. The van der Waals surface area contributed by atoms with Crippen molar-refractivity contribution in [3.63, 3.8) is 0 Å². The third-order valence-corrected chi connectivity index (χ3v) is 4.64. The van der Waals surface area contributed by atoms with Gasteiger partial charge in [0.2, 0.25) is 0 Å². The first-order chi connectivity index (χ1) is 9.38. The van der Waals surface area contributed by atoms with Crippen LogP contribution in [0.25, 0.3) is 0 Å². The summed E-state index contributed by atoms with van der Waals surface area (Å²) >= 11 is 0. The molecule has 0 spiro atoms. The number of carboxylic acid groups (broad SMARTS) is 1. The Hall–Kier alpha value is -1.26. The van der Waals surface area contributed by atoms with Crippen molar-refractivity contribution >= 4 is 12.0 Å². The lowest BCUT2D eigenvalue weighted by atomic mass is 9.85. The monoisotopic (exact) mass is 284 g/mol. The van der Waals surface area contributed by atoms with E-state index < -0.39 is 12.0 Å². The standard InChI is InChI=1S/C15H28N2O3/c1-5-10(2)13(14(18)19)16-15(20)17(4)12-9-7-6-8-11(12)3/h10-13H,5-9H2,1-4H3,(H,16,20)(H,18,19). The first-order valence-electron chi connectivity index (χ1n) is 7.64. The fourth-order valence-corrected chi connectivity index (χ4v) is 2.94. The van der Waals surface area contributed by atoms with Crippen LogP contribution in [0.4, 0.5) is 4.79 Å². The molecule has 2 amide bonds. The number of aliphatic carboxylic acids is 1. The second-order valence-electron chi connectivity index (χ2n) is 6.09. The van der Waals surface area contributed by atoms with Gasteiger partial charge in [-0.1, -0.05) is 40.0 Å². The Morgan fingerprint density at radius 3 is 2.45 bits per heavy atom. The average molecular weight is 284 g/mol. The van der Waals surface area contributed by atoms with Crippen molar-refractivity contribution in [2.75, 3.05) is 7.05 Å². The summed E-state index contributed by atoms with van der Waals surface area (Å²) in [6.45, 7) is 5.94. The molecule has 20 heavy (non-hydrogen) atoms. The Morgan fingerprint density at radius 2 is 1.95 bits per heavy atom. The van der Waals surface area contributed by atoms with Gasteiger partial charge in [0.15, 0.2) is 0 Å². The maximum absolute atomic E-state index is 12.3. The topological polar surface area (TPSA) is 69.6 Å². The molecule has 1 saturated carbocycles. The van der Waals surface area contributed by atoms with Gasteiger partial charge < -0.3 is 15.3 Å². The second-order valence-corrected chi connectivity index (χ2v) is 6.09. The molecule has 0 radical (unpaired) electrons. The third-order valence-electron chi connectivity index (χ3n) is 4.64. The molecule has 0 aromatic carbocycles. The van der Waals surface area contributed by atoms with Crippen LogP contribution in [0.2, 0.25) is 0 Å². The summed E-state index contributed by atoms with van der Waals surface area (Å²) in [5, 5.41) is 11.9. The number of hydrogen-bond donors (Lipinski definition) is 2. The number of urea groups is 1. The van der Waals surface area contributed by atoms with Crippen molar-refractivity contribution in [3.8, 4) is 0 Å². The third kappa shape index (κ3) is 4.12. The fourth-order valence-electron chi connectivity index (χ4n) is 2.94. The number of hydrogen-bond acceptors (Lipinski definition) is 2. The van der Waals surface area contributed by atoms with Gasteiger partial charge in [0.05, 0.1) is 0 Å². The van der Waals surface area contributed by atoms with Gasteiger partial charge in [0.1, 0.15) is 6.04 Å². The van der Waals surface area contributed by atoms with Crippen LogP contribution in [-0.4, -0.2) is 41.1 Å². The molecule has 5 heteroatoms. The molecule has 5 nitrogen and oxygen atoms in total. The highest BCUT2D eigenvalue weighted by atomic mass is 16.4. The van der Waals surface area contributed by atoms with Crippen LogP contribution in [0, 0.1) is 11.8 Å². The Bertz CT molecular complexity index is 346. The van der Waals surface area contributed by atoms with Gasteiger partial charge in [-0.2, -0.15) is 0 Å². The highest BCUT2D eigenvalue weighted by Crippen LogP contribution is 2.27. The van der Waals surface area contributed by atoms with Gasteiger partial charge in [-0.25, -0.2) is 9.59 Å². The molecule has 1 aliphatic rings. The minimum Gasteiger partial charge on any atom is -0.480 e. The summed E-state index contributed by atoms with van der Waals surface area (Å²) in [6.07, 6.45) is 5.22. The summed E-state index contributed by atoms with van der Waals surface area (Å²) in [6, 6.07) is -0.861. The van der Waals surface area contributed by atoms with Crippen LogP contribution >= 0.6 is 0 Å². The lowest BCUT2D eigenvalue weighted by Crippen LogP contribution is -2.53. The minimum atomic E-state index is -0.960. The Balaban J connectivity index is 2.65. The number of nitrogens with zero attached hydrogens (tertiary/aromatic N) is 1. The summed E-state index contributed by atoms with van der Waals surface area (Å²) in [5.41, 5.74) is 0. The molecule has 4 unspecified atom stereocenters. The normalized spacial score (nSPS) is 25.6. The predicted molar refractivity (Wildman–Crippen MR) is 78.6 cm³/mol. The van der Waals surface area contributed by atoms with E-state index in [0.717, 1.165) is 25.7 Å². The molecule has 1 fully saturated rings. The van der Waals surface area contributed by atoms with Crippen LogP contribution in [0.3, 0.4) is 0 Å². The van der Waals surface area contributed by atoms with Crippen LogP contribution < -0.4 is 5.32 Å². The Labute approximate surface area is 121 Å². The maximum Gasteiger partial charge on any atom is 0.326 e. The highest BCUT2D eigenvalue weighted by molar-refractivity contribution is 5.82. The molecule has 1 rings (SSSR count). The number of nitrogens with one attached hydrogen (secondary N) is 1. The average Bonchev–Trinajstić information content (AvgIpc) is 2.43. The van der Waals surface area contributed by atoms with E-state index in [9.17, 15) is 14.7 Å². The molecule has 2 N–H and O–H groups in total. The van der Waals surface area contributed by atoms with Crippen LogP contribution in [0.1, 0.15) is 52.9 Å². The van der Waals surface area contributed by atoms with Crippen molar-refractivity contribution < 1.29 is 14.7 Å². The predicted octanol–water partition coefficient (Wildman–Crippen LogP) is 2.71. The van der Waals surface area contributed by atoms with Crippen molar-refractivity contribution in [2.24, 2.45) is 11.8 Å². The lowest BCUT2D eigenvalue weighted by molar-refractivity contribution is -0.140. The largest absolute Gasteiger partial charge is 0.480 e. The fraction of sp³-hybridized carbons (Fsp3) is 0.867. The first kappa shape index (κ1) is 16.8. The lowest BCUT2D eigenvalue weighted by Gasteiger charge is -2.37. The molecule has 1 aliphatic carbocycles. The van der Waals surface area contributed by atoms with Crippen molar-refractivity contribution in [1.29, 1.82) is 0 Å².